The van der Waals surface area contributed by atoms with Gasteiger partial charge < -0.3 is 10.1 Å². The van der Waals surface area contributed by atoms with E-state index in [9.17, 15) is 13.2 Å². The molecule has 0 saturated carbocycles. The van der Waals surface area contributed by atoms with Gasteiger partial charge in [-0.25, -0.2) is 8.42 Å². The van der Waals surface area contributed by atoms with Gasteiger partial charge >= 0.3 is 0 Å². The van der Waals surface area contributed by atoms with Crippen molar-refractivity contribution in [2.45, 2.75) is 18.7 Å². The summed E-state index contributed by atoms with van der Waals surface area (Å²) in [6.07, 6.45) is 0. The summed E-state index contributed by atoms with van der Waals surface area (Å²) in [5.41, 5.74) is 2.27. The fourth-order valence-electron chi connectivity index (χ4n) is 3.17. The van der Waals surface area contributed by atoms with Gasteiger partial charge in [0.15, 0.2) is 0 Å². The maximum absolute atomic E-state index is 13.3. The molecule has 0 unspecified atom stereocenters. The molecule has 0 fully saturated rings. The van der Waals surface area contributed by atoms with Gasteiger partial charge in [-0.2, -0.15) is 0 Å². The first-order chi connectivity index (χ1) is 14.9. The molecule has 0 atom stereocenters. The number of hydrogen-bond acceptors (Lipinski definition) is 4. The van der Waals surface area contributed by atoms with Gasteiger partial charge in [0.2, 0.25) is 5.91 Å². The van der Waals surface area contributed by atoms with Crippen LogP contribution in [-0.2, 0) is 14.8 Å². The third kappa shape index (κ3) is 5.86. The molecule has 1 N–H and O–H groups in total. The van der Waals surface area contributed by atoms with Crippen LogP contribution in [0, 0.1) is 13.8 Å². The Morgan fingerprint density at radius 2 is 1.58 bits per heavy atom. The highest BCUT2D eigenvalue weighted by Crippen LogP contribution is 2.27. The lowest BCUT2D eigenvalue weighted by molar-refractivity contribution is -0.119. The van der Waals surface area contributed by atoms with E-state index in [4.69, 9.17) is 4.74 Å². The number of ether oxygens (including phenoxy) is 1. The van der Waals surface area contributed by atoms with Crippen LogP contribution < -0.4 is 14.4 Å². The molecule has 0 radical (unpaired) electrons. The van der Waals surface area contributed by atoms with Crippen LogP contribution in [0.15, 0.2) is 83.8 Å². The van der Waals surface area contributed by atoms with Gasteiger partial charge in [-0.05, 0) is 49.7 Å². The molecule has 0 aliphatic heterocycles. The minimum Gasteiger partial charge on any atom is -0.492 e. The molecule has 3 aromatic rings. The molecule has 3 aromatic carbocycles. The average molecular weight is 439 g/mol. The SMILES string of the molecule is Cc1ccc(N(CC(=O)NCCOc2ccccc2)S(=O)(=O)c2ccccc2)c(C)c1. The summed E-state index contributed by atoms with van der Waals surface area (Å²) in [6.45, 7) is 3.99. The Morgan fingerprint density at radius 1 is 0.935 bits per heavy atom. The molecule has 7 heteroatoms. The number of nitrogens with one attached hydrogen (secondary N) is 1. The predicted octanol–water partition coefficient (Wildman–Crippen LogP) is 3.69. The maximum Gasteiger partial charge on any atom is 0.264 e. The summed E-state index contributed by atoms with van der Waals surface area (Å²) in [5, 5.41) is 2.74. The summed E-state index contributed by atoms with van der Waals surface area (Å²) in [4.78, 5) is 12.8. The Hall–Kier alpha value is -3.32. The van der Waals surface area contributed by atoms with E-state index >= 15 is 0 Å². The quantitative estimate of drug-likeness (QED) is 0.517. The van der Waals surface area contributed by atoms with Crippen LogP contribution in [0.25, 0.3) is 0 Å². The number of aryl methyl sites for hydroxylation is 2. The zero-order valence-electron chi connectivity index (χ0n) is 17.6. The number of benzene rings is 3. The Balaban J connectivity index is 1.74. The van der Waals surface area contributed by atoms with Crippen molar-refractivity contribution in [1.82, 2.24) is 5.32 Å². The Bertz CT molecular complexity index is 1120. The van der Waals surface area contributed by atoms with E-state index in [-0.39, 0.29) is 24.6 Å². The zero-order chi connectivity index (χ0) is 22.3. The summed E-state index contributed by atoms with van der Waals surface area (Å²) in [5.74, 6) is 0.302. The van der Waals surface area contributed by atoms with Crippen molar-refractivity contribution in [2.75, 3.05) is 24.0 Å². The highest BCUT2D eigenvalue weighted by Gasteiger charge is 2.28. The maximum atomic E-state index is 13.3. The van der Waals surface area contributed by atoms with E-state index in [1.807, 2.05) is 56.3 Å². The summed E-state index contributed by atoms with van der Waals surface area (Å²) in [7, 11) is -3.92. The van der Waals surface area contributed by atoms with Crippen molar-refractivity contribution < 1.29 is 17.9 Å². The summed E-state index contributed by atoms with van der Waals surface area (Å²) in [6, 6.07) is 22.9. The number of para-hydroxylation sites is 1. The average Bonchev–Trinajstić information content (AvgIpc) is 2.77. The largest absolute Gasteiger partial charge is 0.492 e. The number of nitrogens with zero attached hydrogens (tertiary/aromatic N) is 1. The van der Waals surface area contributed by atoms with Crippen LogP contribution in [0.4, 0.5) is 5.69 Å². The second-order valence-corrected chi connectivity index (χ2v) is 8.99. The van der Waals surface area contributed by atoms with E-state index in [1.54, 1.807) is 24.3 Å². The van der Waals surface area contributed by atoms with E-state index in [1.165, 1.54) is 12.1 Å². The molecule has 0 aliphatic rings. The number of amides is 1. The third-order valence-electron chi connectivity index (χ3n) is 4.68. The molecular weight excluding hydrogens is 412 g/mol. The van der Waals surface area contributed by atoms with E-state index < -0.39 is 15.9 Å². The van der Waals surface area contributed by atoms with Crippen molar-refractivity contribution in [1.29, 1.82) is 0 Å². The lowest BCUT2D eigenvalue weighted by atomic mass is 10.1. The molecule has 0 heterocycles. The molecule has 6 nitrogen and oxygen atoms in total. The number of sulfonamides is 1. The van der Waals surface area contributed by atoms with Gasteiger partial charge in [-0.15, -0.1) is 0 Å². The lowest BCUT2D eigenvalue weighted by Crippen LogP contribution is -2.42. The standard InChI is InChI=1S/C24H26N2O4S/c1-19-13-14-23(20(2)17-19)26(31(28,29)22-11-7-4-8-12-22)18-24(27)25-15-16-30-21-9-5-3-6-10-21/h3-14,17H,15-16,18H2,1-2H3,(H,25,27). The van der Waals surface area contributed by atoms with E-state index in [0.717, 1.165) is 15.4 Å². The molecule has 0 aromatic heterocycles. The summed E-state index contributed by atoms with van der Waals surface area (Å²) >= 11 is 0. The van der Waals surface area contributed by atoms with Gasteiger partial charge in [0.1, 0.15) is 18.9 Å². The van der Waals surface area contributed by atoms with Crippen LogP contribution in [0.3, 0.4) is 0 Å². The molecule has 1 amide bonds. The van der Waals surface area contributed by atoms with Crippen molar-refractivity contribution in [3.05, 3.63) is 90.0 Å². The van der Waals surface area contributed by atoms with Crippen LogP contribution >= 0.6 is 0 Å². The molecule has 3 rings (SSSR count). The van der Waals surface area contributed by atoms with Crippen LogP contribution in [0.2, 0.25) is 0 Å². The number of rotatable bonds is 9. The minimum absolute atomic E-state index is 0.134. The van der Waals surface area contributed by atoms with Crippen molar-refractivity contribution >= 4 is 21.6 Å². The summed E-state index contributed by atoms with van der Waals surface area (Å²) < 4.78 is 33.4. The fourth-order valence-corrected chi connectivity index (χ4v) is 4.67. The second-order valence-electron chi connectivity index (χ2n) is 7.13. The Labute approximate surface area is 183 Å². The topological polar surface area (TPSA) is 75.7 Å². The second kappa shape index (κ2) is 10.1. The monoisotopic (exact) mass is 438 g/mol. The number of carbonyl (C=O) groups excluding carboxylic acids is 1. The predicted molar refractivity (Wildman–Crippen MR) is 122 cm³/mol. The smallest absolute Gasteiger partial charge is 0.264 e. The first-order valence-electron chi connectivity index (χ1n) is 9.97. The fraction of sp³-hybridized carbons (Fsp3) is 0.208. The van der Waals surface area contributed by atoms with Crippen molar-refractivity contribution in [3.63, 3.8) is 0 Å². The van der Waals surface area contributed by atoms with Gasteiger partial charge in [0.25, 0.3) is 10.0 Å². The van der Waals surface area contributed by atoms with E-state index in [2.05, 4.69) is 5.32 Å². The molecule has 0 aliphatic carbocycles. The highest BCUT2D eigenvalue weighted by molar-refractivity contribution is 7.92. The van der Waals surface area contributed by atoms with Crippen molar-refractivity contribution in [2.24, 2.45) is 0 Å². The Morgan fingerprint density at radius 3 is 2.23 bits per heavy atom. The van der Waals surface area contributed by atoms with Gasteiger partial charge in [-0.1, -0.05) is 54.1 Å². The normalized spacial score (nSPS) is 11.0. The van der Waals surface area contributed by atoms with Crippen LogP contribution in [0.1, 0.15) is 11.1 Å². The molecule has 162 valence electrons. The lowest BCUT2D eigenvalue weighted by Gasteiger charge is -2.26. The molecule has 31 heavy (non-hydrogen) atoms. The number of hydrogen-bond donors (Lipinski definition) is 1. The zero-order valence-corrected chi connectivity index (χ0v) is 18.4. The first kappa shape index (κ1) is 22.4. The van der Waals surface area contributed by atoms with E-state index in [0.29, 0.717) is 11.4 Å². The van der Waals surface area contributed by atoms with Gasteiger partial charge in [0.05, 0.1) is 17.1 Å². The first-order valence-corrected chi connectivity index (χ1v) is 11.4. The number of anilines is 1. The van der Waals surface area contributed by atoms with Crippen LogP contribution in [-0.4, -0.2) is 34.0 Å². The van der Waals surface area contributed by atoms with Gasteiger partial charge in [0, 0.05) is 0 Å². The molecule has 0 saturated heterocycles. The molecule has 0 bridgehead atoms. The number of carbonyl (C=O) groups is 1. The van der Waals surface area contributed by atoms with Gasteiger partial charge in [-0.3, -0.25) is 9.10 Å². The van der Waals surface area contributed by atoms with Crippen molar-refractivity contribution in [3.8, 4) is 5.75 Å². The molecule has 0 spiro atoms. The third-order valence-corrected chi connectivity index (χ3v) is 6.45. The molecular formula is C24H26N2O4S. The highest BCUT2D eigenvalue weighted by atomic mass is 32.2. The minimum atomic E-state index is -3.92. The van der Waals surface area contributed by atoms with Crippen LogP contribution in [0.5, 0.6) is 5.75 Å². The Kier molecular flexibility index (Phi) is 7.31.